The highest BCUT2D eigenvalue weighted by Gasteiger charge is 2.28. The van der Waals surface area contributed by atoms with Crippen LogP contribution in [-0.4, -0.2) is 12.5 Å². The van der Waals surface area contributed by atoms with Gasteiger partial charge in [0, 0.05) is 17.9 Å². The van der Waals surface area contributed by atoms with Gasteiger partial charge in [-0.1, -0.05) is 36.4 Å². The molecule has 1 heterocycles. The van der Waals surface area contributed by atoms with E-state index in [2.05, 4.69) is 10.6 Å². The van der Waals surface area contributed by atoms with E-state index in [0.717, 1.165) is 28.1 Å². The van der Waals surface area contributed by atoms with E-state index in [1.807, 2.05) is 56.3 Å². The fraction of sp³-hybridized carbons (Fsp3) is 0.235. The van der Waals surface area contributed by atoms with E-state index in [1.165, 1.54) is 0 Å². The van der Waals surface area contributed by atoms with Crippen molar-refractivity contribution >= 4 is 17.3 Å². The number of aryl methyl sites for hydroxylation is 2. The number of rotatable bonds is 2. The van der Waals surface area contributed by atoms with Crippen molar-refractivity contribution < 1.29 is 4.79 Å². The molecule has 1 unspecified atom stereocenters. The molecular weight excluding hydrogens is 248 g/mol. The van der Waals surface area contributed by atoms with Crippen molar-refractivity contribution in [3.05, 3.63) is 59.2 Å². The summed E-state index contributed by atoms with van der Waals surface area (Å²) in [6.45, 7) is 4.70. The number of nitrogens with one attached hydrogen (secondary N) is 2. The molecule has 0 saturated heterocycles. The van der Waals surface area contributed by atoms with E-state index in [-0.39, 0.29) is 11.8 Å². The number of para-hydroxylation sites is 2. The zero-order valence-electron chi connectivity index (χ0n) is 11.7. The first-order valence-electron chi connectivity index (χ1n) is 6.86. The molecule has 2 aromatic rings. The monoisotopic (exact) mass is 266 g/mol. The predicted octanol–water partition coefficient (Wildman–Crippen LogP) is 3.45. The van der Waals surface area contributed by atoms with Crippen LogP contribution >= 0.6 is 0 Å². The summed E-state index contributed by atoms with van der Waals surface area (Å²) in [6.07, 6.45) is 0. The zero-order valence-corrected chi connectivity index (χ0v) is 11.7. The molecule has 0 spiro atoms. The molecule has 0 fully saturated rings. The van der Waals surface area contributed by atoms with Crippen molar-refractivity contribution in [1.82, 2.24) is 0 Å². The zero-order chi connectivity index (χ0) is 14.1. The highest BCUT2D eigenvalue weighted by atomic mass is 16.1. The van der Waals surface area contributed by atoms with E-state index in [0.29, 0.717) is 6.54 Å². The minimum absolute atomic E-state index is 0.0554. The summed E-state index contributed by atoms with van der Waals surface area (Å²) in [5.41, 5.74) is 5.27. The van der Waals surface area contributed by atoms with Crippen molar-refractivity contribution in [1.29, 1.82) is 0 Å². The Kier molecular flexibility index (Phi) is 3.18. The molecule has 0 bridgehead atoms. The van der Waals surface area contributed by atoms with Gasteiger partial charge in [-0.15, -0.1) is 0 Å². The minimum Gasteiger partial charge on any atom is -0.384 e. The van der Waals surface area contributed by atoms with Crippen molar-refractivity contribution in [2.24, 2.45) is 0 Å². The van der Waals surface area contributed by atoms with Gasteiger partial charge in [-0.3, -0.25) is 4.79 Å². The third-order valence-corrected chi connectivity index (χ3v) is 3.88. The van der Waals surface area contributed by atoms with Crippen molar-refractivity contribution in [3.63, 3.8) is 0 Å². The Labute approximate surface area is 119 Å². The van der Waals surface area contributed by atoms with Crippen LogP contribution in [0.4, 0.5) is 11.4 Å². The Morgan fingerprint density at radius 2 is 1.80 bits per heavy atom. The summed E-state index contributed by atoms with van der Waals surface area (Å²) >= 11 is 0. The Morgan fingerprint density at radius 1 is 1.10 bits per heavy atom. The fourth-order valence-electron chi connectivity index (χ4n) is 2.74. The van der Waals surface area contributed by atoms with E-state index in [4.69, 9.17) is 0 Å². The molecule has 1 aliphatic heterocycles. The molecule has 0 saturated carbocycles. The van der Waals surface area contributed by atoms with Gasteiger partial charge >= 0.3 is 0 Å². The maximum Gasteiger partial charge on any atom is 0.233 e. The summed E-state index contributed by atoms with van der Waals surface area (Å²) in [7, 11) is 0. The maximum atomic E-state index is 12.5. The molecule has 1 amide bonds. The molecule has 3 rings (SSSR count). The van der Waals surface area contributed by atoms with Gasteiger partial charge in [-0.05, 0) is 36.6 Å². The second-order valence-electron chi connectivity index (χ2n) is 5.28. The minimum atomic E-state index is -0.120. The van der Waals surface area contributed by atoms with E-state index in [9.17, 15) is 4.79 Å². The molecule has 2 aromatic carbocycles. The van der Waals surface area contributed by atoms with Crippen LogP contribution < -0.4 is 10.6 Å². The standard InChI is InChI=1S/C17H18N2O/c1-11-6-5-7-12(2)16(11)19-17(20)14-10-18-15-9-4-3-8-13(14)15/h3-9,14,18H,10H2,1-2H3,(H,19,20). The second-order valence-corrected chi connectivity index (χ2v) is 5.28. The van der Waals surface area contributed by atoms with Crippen LogP contribution in [0.25, 0.3) is 0 Å². The third kappa shape index (κ3) is 2.16. The quantitative estimate of drug-likeness (QED) is 0.874. The number of fused-ring (bicyclic) bond motifs is 1. The van der Waals surface area contributed by atoms with Gasteiger partial charge in [0.05, 0.1) is 5.92 Å². The molecule has 1 atom stereocenters. The number of hydrogen-bond acceptors (Lipinski definition) is 2. The average Bonchev–Trinajstić information content (AvgIpc) is 2.87. The molecule has 2 N–H and O–H groups in total. The Bertz CT molecular complexity index is 644. The lowest BCUT2D eigenvalue weighted by molar-refractivity contribution is -0.117. The number of carbonyl (C=O) groups is 1. The van der Waals surface area contributed by atoms with E-state index < -0.39 is 0 Å². The van der Waals surface area contributed by atoms with Gasteiger partial charge < -0.3 is 10.6 Å². The predicted molar refractivity (Wildman–Crippen MR) is 82.2 cm³/mol. The Hall–Kier alpha value is -2.29. The molecular formula is C17H18N2O. The smallest absolute Gasteiger partial charge is 0.233 e. The molecule has 3 nitrogen and oxygen atoms in total. The van der Waals surface area contributed by atoms with Gasteiger partial charge in [0.2, 0.25) is 5.91 Å². The van der Waals surface area contributed by atoms with Gasteiger partial charge in [0.1, 0.15) is 0 Å². The highest BCUT2D eigenvalue weighted by Crippen LogP contribution is 2.32. The van der Waals surface area contributed by atoms with Crippen LogP contribution in [0.15, 0.2) is 42.5 Å². The SMILES string of the molecule is Cc1cccc(C)c1NC(=O)C1CNc2ccccc21. The van der Waals surface area contributed by atoms with Crippen molar-refractivity contribution in [2.75, 3.05) is 17.2 Å². The molecule has 1 aliphatic rings. The molecule has 0 radical (unpaired) electrons. The molecule has 0 aliphatic carbocycles. The van der Waals surface area contributed by atoms with Crippen molar-refractivity contribution in [3.8, 4) is 0 Å². The number of amides is 1. The lowest BCUT2D eigenvalue weighted by Gasteiger charge is -2.15. The average molecular weight is 266 g/mol. The Balaban J connectivity index is 1.85. The lowest BCUT2D eigenvalue weighted by atomic mass is 10.00. The lowest BCUT2D eigenvalue weighted by Crippen LogP contribution is -2.23. The number of benzene rings is 2. The van der Waals surface area contributed by atoms with Crippen LogP contribution in [0.2, 0.25) is 0 Å². The number of hydrogen-bond donors (Lipinski definition) is 2. The fourth-order valence-corrected chi connectivity index (χ4v) is 2.74. The molecule has 20 heavy (non-hydrogen) atoms. The Morgan fingerprint density at radius 3 is 2.55 bits per heavy atom. The summed E-state index contributed by atoms with van der Waals surface area (Å²) < 4.78 is 0. The van der Waals surface area contributed by atoms with Crippen LogP contribution in [-0.2, 0) is 4.79 Å². The highest BCUT2D eigenvalue weighted by molar-refractivity contribution is 5.99. The summed E-state index contributed by atoms with van der Waals surface area (Å²) in [5.74, 6) is -0.0648. The largest absolute Gasteiger partial charge is 0.384 e. The first-order valence-corrected chi connectivity index (χ1v) is 6.86. The number of anilines is 2. The van der Waals surface area contributed by atoms with Crippen LogP contribution in [0, 0.1) is 13.8 Å². The van der Waals surface area contributed by atoms with E-state index >= 15 is 0 Å². The first-order chi connectivity index (χ1) is 9.66. The van der Waals surface area contributed by atoms with Crippen LogP contribution in [0.3, 0.4) is 0 Å². The van der Waals surface area contributed by atoms with Gasteiger partial charge in [0.15, 0.2) is 0 Å². The molecule has 0 aromatic heterocycles. The number of carbonyl (C=O) groups excluding carboxylic acids is 1. The second kappa shape index (κ2) is 5.00. The summed E-state index contributed by atoms with van der Waals surface area (Å²) in [4.78, 5) is 12.5. The molecule has 102 valence electrons. The maximum absolute atomic E-state index is 12.5. The van der Waals surface area contributed by atoms with Gasteiger partial charge in [0.25, 0.3) is 0 Å². The summed E-state index contributed by atoms with van der Waals surface area (Å²) in [5, 5.41) is 6.37. The summed E-state index contributed by atoms with van der Waals surface area (Å²) in [6, 6.07) is 14.0. The van der Waals surface area contributed by atoms with Crippen LogP contribution in [0.5, 0.6) is 0 Å². The van der Waals surface area contributed by atoms with Crippen molar-refractivity contribution in [2.45, 2.75) is 19.8 Å². The first kappa shape index (κ1) is 12.7. The topological polar surface area (TPSA) is 41.1 Å². The van der Waals surface area contributed by atoms with Gasteiger partial charge in [-0.25, -0.2) is 0 Å². The normalized spacial score (nSPS) is 16.4. The molecule has 3 heteroatoms. The van der Waals surface area contributed by atoms with E-state index in [1.54, 1.807) is 0 Å². The van der Waals surface area contributed by atoms with Gasteiger partial charge in [-0.2, -0.15) is 0 Å². The van der Waals surface area contributed by atoms with Crippen LogP contribution in [0.1, 0.15) is 22.6 Å². The third-order valence-electron chi connectivity index (χ3n) is 3.88.